The molecule has 0 saturated heterocycles. The molecule has 1 atom stereocenters. The molecule has 0 aliphatic heterocycles. The molecule has 19 heavy (non-hydrogen) atoms. The van der Waals surface area contributed by atoms with Crippen LogP contribution in [0.5, 0.6) is 0 Å². The zero-order chi connectivity index (χ0) is 14.5. The number of aromatic nitrogens is 2. The topological polar surface area (TPSA) is 77.2 Å². The molecule has 0 aliphatic carbocycles. The van der Waals surface area contributed by atoms with Crippen molar-refractivity contribution in [3.05, 3.63) is 5.89 Å². The van der Waals surface area contributed by atoms with Gasteiger partial charge in [-0.15, -0.1) is 10.2 Å². The summed E-state index contributed by atoms with van der Waals surface area (Å²) in [6.45, 7) is 9.67. The number of aryl methyl sites for hydroxylation is 1. The summed E-state index contributed by atoms with van der Waals surface area (Å²) in [4.78, 5) is 12.1. The highest BCUT2D eigenvalue weighted by Crippen LogP contribution is 2.23. The Kier molecular flexibility index (Phi) is 5.81. The second-order valence-corrected chi connectivity index (χ2v) is 5.65. The molecule has 0 aromatic carbocycles. The minimum atomic E-state index is -0.781. The van der Waals surface area contributed by atoms with Gasteiger partial charge in [0.15, 0.2) is 0 Å². The molecule has 0 fully saturated rings. The highest BCUT2D eigenvalue weighted by atomic mass is 32.2. The van der Waals surface area contributed by atoms with Crippen molar-refractivity contribution in [1.29, 1.82) is 0 Å². The van der Waals surface area contributed by atoms with Crippen LogP contribution < -0.4 is 5.32 Å². The van der Waals surface area contributed by atoms with Crippen molar-refractivity contribution in [3.8, 4) is 0 Å². The third kappa shape index (κ3) is 4.83. The van der Waals surface area contributed by atoms with Crippen molar-refractivity contribution in [1.82, 2.24) is 15.5 Å². The van der Waals surface area contributed by atoms with Gasteiger partial charge >= 0.3 is 5.97 Å². The Morgan fingerprint density at radius 1 is 1.53 bits per heavy atom. The van der Waals surface area contributed by atoms with Crippen molar-refractivity contribution in [2.24, 2.45) is 0 Å². The van der Waals surface area contributed by atoms with Crippen molar-refractivity contribution in [2.75, 3.05) is 12.4 Å². The first-order valence-electron chi connectivity index (χ1n) is 6.25. The molecule has 108 valence electrons. The van der Waals surface area contributed by atoms with Gasteiger partial charge in [-0.1, -0.05) is 11.8 Å². The van der Waals surface area contributed by atoms with E-state index in [2.05, 4.69) is 15.5 Å². The highest BCUT2D eigenvalue weighted by molar-refractivity contribution is 7.99. The monoisotopic (exact) mass is 287 g/mol. The minimum absolute atomic E-state index is 0.166. The normalized spacial score (nSPS) is 14.4. The molecular formula is C12H21N3O3S. The van der Waals surface area contributed by atoms with E-state index in [1.54, 1.807) is 13.8 Å². The lowest BCUT2D eigenvalue weighted by Crippen LogP contribution is -2.55. The largest absolute Gasteiger partial charge is 0.465 e. The maximum absolute atomic E-state index is 12.1. The van der Waals surface area contributed by atoms with E-state index in [0.29, 0.717) is 23.5 Å². The molecule has 6 nitrogen and oxygen atoms in total. The predicted octanol–water partition coefficient (Wildman–Crippen LogP) is 1.79. The first kappa shape index (κ1) is 16.0. The van der Waals surface area contributed by atoms with E-state index in [-0.39, 0.29) is 12.0 Å². The van der Waals surface area contributed by atoms with Gasteiger partial charge in [0.2, 0.25) is 5.89 Å². The summed E-state index contributed by atoms with van der Waals surface area (Å²) < 4.78 is 10.4. The molecule has 0 bridgehead atoms. The Morgan fingerprint density at radius 2 is 2.21 bits per heavy atom. The number of esters is 1. The maximum atomic E-state index is 12.1. The zero-order valence-corrected chi connectivity index (χ0v) is 12.8. The van der Waals surface area contributed by atoms with E-state index in [4.69, 9.17) is 9.15 Å². The van der Waals surface area contributed by atoms with E-state index in [9.17, 15) is 4.79 Å². The second-order valence-electron chi connectivity index (χ2n) is 4.73. The van der Waals surface area contributed by atoms with Gasteiger partial charge in [-0.25, -0.2) is 0 Å². The predicted molar refractivity (Wildman–Crippen MR) is 73.1 cm³/mol. The fourth-order valence-corrected chi connectivity index (χ4v) is 2.52. The number of nitrogens with one attached hydrogen (secondary N) is 1. The number of nitrogens with zero attached hydrogens (tertiary/aromatic N) is 2. The van der Waals surface area contributed by atoms with Crippen LogP contribution in [-0.4, -0.2) is 40.1 Å². The SMILES string of the molecule is CCOC(=O)C(C)(CSc1nnc(C)o1)NC(C)C. The van der Waals surface area contributed by atoms with Crippen LogP contribution >= 0.6 is 11.8 Å². The first-order valence-corrected chi connectivity index (χ1v) is 7.23. The van der Waals surface area contributed by atoms with Crippen LogP contribution in [0.2, 0.25) is 0 Å². The summed E-state index contributed by atoms with van der Waals surface area (Å²) in [5.74, 6) is 0.704. The number of carbonyl (C=O) groups excluding carboxylic acids is 1. The zero-order valence-electron chi connectivity index (χ0n) is 12.0. The standard InChI is InChI=1S/C12H21N3O3S/c1-6-17-10(16)12(5,13-8(2)3)7-19-11-15-14-9(4)18-11/h8,13H,6-7H2,1-5H3. The average Bonchev–Trinajstić information content (AvgIpc) is 2.72. The molecule has 0 spiro atoms. The van der Waals surface area contributed by atoms with Crippen LogP contribution in [0.3, 0.4) is 0 Å². The number of ether oxygens (including phenoxy) is 1. The molecule has 1 rings (SSSR count). The number of hydrogen-bond acceptors (Lipinski definition) is 7. The van der Waals surface area contributed by atoms with Crippen LogP contribution in [0.25, 0.3) is 0 Å². The van der Waals surface area contributed by atoms with Crippen molar-refractivity contribution in [3.63, 3.8) is 0 Å². The molecule has 1 aromatic rings. The summed E-state index contributed by atoms with van der Waals surface area (Å²) in [5.41, 5.74) is -0.781. The van der Waals surface area contributed by atoms with Gasteiger partial charge in [-0.2, -0.15) is 0 Å². The molecule has 1 aromatic heterocycles. The van der Waals surface area contributed by atoms with Gasteiger partial charge in [0.05, 0.1) is 6.61 Å². The van der Waals surface area contributed by atoms with Crippen LogP contribution in [0.4, 0.5) is 0 Å². The van der Waals surface area contributed by atoms with Crippen LogP contribution in [0.1, 0.15) is 33.6 Å². The van der Waals surface area contributed by atoms with E-state index >= 15 is 0 Å². The van der Waals surface area contributed by atoms with Crippen LogP contribution in [-0.2, 0) is 9.53 Å². The minimum Gasteiger partial charge on any atom is -0.465 e. The highest BCUT2D eigenvalue weighted by Gasteiger charge is 2.35. The summed E-state index contributed by atoms with van der Waals surface area (Å²) in [6, 6.07) is 0.166. The van der Waals surface area contributed by atoms with Crippen LogP contribution in [0, 0.1) is 6.92 Å². The molecule has 0 radical (unpaired) electrons. The Bertz CT molecular complexity index is 422. The number of rotatable bonds is 7. The average molecular weight is 287 g/mol. The van der Waals surface area contributed by atoms with E-state index < -0.39 is 5.54 Å². The number of hydrogen-bond donors (Lipinski definition) is 1. The van der Waals surface area contributed by atoms with Gasteiger partial charge in [-0.05, 0) is 27.7 Å². The molecule has 0 amide bonds. The Morgan fingerprint density at radius 3 is 2.68 bits per heavy atom. The lowest BCUT2D eigenvalue weighted by Gasteiger charge is -2.29. The Hall–Kier alpha value is -1.08. The van der Waals surface area contributed by atoms with Crippen molar-refractivity contribution < 1.29 is 13.9 Å². The first-order chi connectivity index (χ1) is 8.87. The smallest absolute Gasteiger partial charge is 0.326 e. The second kappa shape index (κ2) is 6.91. The summed E-state index contributed by atoms with van der Waals surface area (Å²) in [7, 11) is 0. The lowest BCUT2D eigenvalue weighted by atomic mass is 10.0. The molecule has 1 N–H and O–H groups in total. The van der Waals surface area contributed by atoms with Gasteiger partial charge in [0.1, 0.15) is 5.54 Å². The summed E-state index contributed by atoms with van der Waals surface area (Å²) >= 11 is 1.34. The third-order valence-electron chi connectivity index (χ3n) is 2.33. The molecular weight excluding hydrogens is 266 g/mol. The molecule has 0 aliphatic rings. The van der Waals surface area contributed by atoms with Crippen molar-refractivity contribution >= 4 is 17.7 Å². The summed E-state index contributed by atoms with van der Waals surface area (Å²) in [6.07, 6.45) is 0. The van der Waals surface area contributed by atoms with Gasteiger partial charge < -0.3 is 9.15 Å². The van der Waals surface area contributed by atoms with E-state index in [1.165, 1.54) is 11.8 Å². The van der Waals surface area contributed by atoms with E-state index in [1.807, 2.05) is 20.8 Å². The van der Waals surface area contributed by atoms with Gasteiger partial charge in [0.25, 0.3) is 5.22 Å². The van der Waals surface area contributed by atoms with Crippen LogP contribution in [0.15, 0.2) is 9.64 Å². The lowest BCUT2D eigenvalue weighted by molar-refractivity contribution is -0.149. The molecule has 7 heteroatoms. The van der Waals surface area contributed by atoms with Gasteiger partial charge in [-0.3, -0.25) is 10.1 Å². The Balaban J connectivity index is 2.70. The van der Waals surface area contributed by atoms with Gasteiger partial charge in [0, 0.05) is 18.7 Å². The Labute approximate surface area is 117 Å². The fourth-order valence-electron chi connectivity index (χ4n) is 1.63. The molecule has 1 unspecified atom stereocenters. The molecule has 1 heterocycles. The fraction of sp³-hybridized carbons (Fsp3) is 0.750. The van der Waals surface area contributed by atoms with E-state index in [0.717, 1.165) is 0 Å². The number of thioether (sulfide) groups is 1. The third-order valence-corrected chi connectivity index (χ3v) is 3.46. The van der Waals surface area contributed by atoms with Crippen molar-refractivity contribution in [2.45, 2.75) is 51.4 Å². The quantitative estimate of drug-likeness (QED) is 0.605. The summed E-state index contributed by atoms with van der Waals surface area (Å²) in [5, 5.41) is 11.3. The number of carbonyl (C=O) groups is 1. The molecule has 0 saturated carbocycles. The maximum Gasteiger partial charge on any atom is 0.326 e.